The van der Waals surface area contributed by atoms with Crippen molar-refractivity contribution in [2.75, 3.05) is 19.4 Å². The molecule has 0 aliphatic carbocycles. The van der Waals surface area contributed by atoms with Crippen molar-refractivity contribution >= 4 is 28.8 Å². The summed E-state index contributed by atoms with van der Waals surface area (Å²) >= 11 is 6.00. The van der Waals surface area contributed by atoms with E-state index in [4.69, 9.17) is 16.6 Å². The Labute approximate surface area is 180 Å². The zero-order chi connectivity index (χ0) is 21.3. The second-order valence-electron chi connectivity index (χ2n) is 7.58. The number of anilines is 1. The molecule has 30 heavy (non-hydrogen) atoms. The topological polar surface area (TPSA) is 49.6 Å². The summed E-state index contributed by atoms with van der Waals surface area (Å²) in [7, 11) is 3.77. The van der Waals surface area contributed by atoms with E-state index in [-0.39, 0.29) is 5.91 Å². The van der Waals surface area contributed by atoms with E-state index in [1.54, 1.807) is 12.1 Å². The molecule has 2 heterocycles. The maximum absolute atomic E-state index is 13.1. The molecule has 6 heteroatoms. The van der Waals surface area contributed by atoms with E-state index in [0.29, 0.717) is 5.02 Å². The Hall–Kier alpha value is -3.15. The first kappa shape index (κ1) is 20.1. The van der Waals surface area contributed by atoms with Crippen molar-refractivity contribution in [3.63, 3.8) is 0 Å². The summed E-state index contributed by atoms with van der Waals surface area (Å²) < 4.78 is 2.00. The van der Waals surface area contributed by atoms with Crippen LogP contribution in [0.1, 0.15) is 17.2 Å². The molecule has 2 aromatic carbocycles. The highest BCUT2D eigenvalue weighted by atomic mass is 35.5. The fourth-order valence-electron chi connectivity index (χ4n) is 3.52. The van der Waals surface area contributed by atoms with Crippen molar-refractivity contribution in [1.29, 1.82) is 0 Å². The fraction of sp³-hybridized carbons (Fsp3) is 0.167. The van der Waals surface area contributed by atoms with Gasteiger partial charge in [-0.05, 0) is 68.5 Å². The van der Waals surface area contributed by atoms with Gasteiger partial charge in [0.1, 0.15) is 11.7 Å². The van der Waals surface area contributed by atoms with Gasteiger partial charge in [-0.2, -0.15) is 0 Å². The zero-order valence-electron chi connectivity index (χ0n) is 17.1. The number of amides is 1. The first-order chi connectivity index (χ1) is 14.4. The van der Waals surface area contributed by atoms with Crippen molar-refractivity contribution in [3.8, 4) is 11.3 Å². The molecule has 1 N–H and O–H groups in total. The van der Waals surface area contributed by atoms with Gasteiger partial charge in [0.15, 0.2) is 0 Å². The van der Waals surface area contributed by atoms with E-state index in [2.05, 4.69) is 5.32 Å². The van der Waals surface area contributed by atoms with E-state index < -0.39 is 6.04 Å². The molecule has 2 aromatic heterocycles. The molecule has 4 aromatic rings. The predicted molar refractivity (Wildman–Crippen MR) is 122 cm³/mol. The first-order valence-corrected chi connectivity index (χ1v) is 10.1. The van der Waals surface area contributed by atoms with Gasteiger partial charge in [0, 0.05) is 28.7 Å². The second kappa shape index (κ2) is 8.30. The molecule has 0 spiro atoms. The third kappa shape index (κ3) is 4.22. The van der Waals surface area contributed by atoms with E-state index >= 15 is 0 Å². The smallest absolute Gasteiger partial charge is 0.246 e. The standard InChI is InChI=1S/C24H23ClN4O/c1-16-11-12-29-15-21(27-22(29)13-16)18-5-4-6-20(14-18)26-24(30)23(28(2)3)17-7-9-19(25)10-8-17/h4-15,23H,1-3H3,(H,26,30). The first-order valence-electron chi connectivity index (χ1n) is 9.69. The predicted octanol–water partition coefficient (Wildman–Crippen LogP) is 5.20. The van der Waals surface area contributed by atoms with E-state index in [0.717, 1.165) is 33.7 Å². The fourth-order valence-corrected chi connectivity index (χ4v) is 3.64. The van der Waals surface area contributed by atoms with Crippen LogP contribution in [0.15, 0.2) is 73.1 Å². The number of nitrogens with zero attached hydrogens (tertiary/aromatic N) is 3. The number of hydrogen-bond donors (Lipinski definition) is 1. The number of carbonyl (C=O) groups excluding carboxylic acids is 1. The molecule has 5 nitrogen and oxygen atoms in total. The summed E-state index contributed by atoms with van der Waals surface area (Å²) in [5.74, 6) is -0.106. The van der Waals surface area contributed by atoms with Crippen LogP contribution >= 0.6 is 11.6 Å². The van der Waals surface area contributed by atoms with Gasteiger partial charge in [-0.15, -0.1) is 0 Å². The molecule has 1 atom stereocenters. The molecule has 0 aliphatic heterocycles. The Morgan fingerprint density at radius 3 is 2.60 bits per heavy atom. The zero-order valence-corrected chi connectivity index (χ0v) is 17.9. The summed E-state index contributed by atoms with van der Waals surface area (Å²) in [6, 6.07) is 18.8. The van der Waals surface area contributed by atoms with E-state index in [1.165, 1.54) is 0 Å². The molecule has 0 radical (unpaired) electrons. The number of likely N-dealkylation sites (N-methyl/N-ethyl adjacent to an activating group) is 1. The molecule has 0 fully saturated rings. The van der Waals surface area contributed by atoms with Crippen LogP contribution in [0.4, 0.5) is 5.69 Å². The maximum Gasteiger partial charge on any atom is 0.246 e. The normalized spacial score (nSPS) is 12.3. The minimum atomic E-state index is -0.427. The number of halogens is 1. The number of nitrogens with one attached hydrogen (secondary N) is 1. The van der Waals surface area contributed by atoms with Crippen molar-refractivity contribution in [2.45, 2.75) is 13.0 Å². The highest BCUT2D eigenvalue weighted by Gasteiger charge is 2.23. The van der Waals surface area contributed by atoms with Crippen LogP contribution in [-0.4, -0.2) is 34.3 Å². The van der Waals surface area contributed by atoms with Crippen LogP contribution in [0.25, 0.3) is 16.9 Å². The monoisotopic (exact) mass is 418 g/mol. The summed E-state index contributed by atoms with van der Waals surface area (Å²) in [5.41, 5.74) is 5.48. The maximum atomic E-state index is 13.1. The van der Waals surface area contributed by atoms with Gasteiger partial charge in [0.05, 0.1) is 5.69 Å². The van der Waals surface area contributed by atoms with Crippen LogP contribution in [0.3, 0.4) is 0 Å². The van der Waals surface area contributed by atoms with Crippen molar-refractivity contribution in [3.05, 3.63) is 89.2 Å². The molecular formula is C24H23ClN4O. The van der Waals surface area contributed by atoms with Crippen LogP contribution in [0.5, 0.6) is 0 Å². The molecule has 1 unspecified atom stereocenters. The molecule has 152 valence electrons. The third-order valence-electron chi connectivity index (χ3n) is 4.99. The summed E-state index contributed by atoms with van der Waals surface area (Å²) in [6.45, 7) is 2.05. The number of hydrogen-bond acceptors (Lipinski definition) is 3. The average molecular weight is 419 g/mol. The number of aromatic nitrogens is 2. The third-order valence-corrected chi connectivity index (χ3v) is 5.24. The highest BCUT2D eigenvalue weighted by Crippen LogP contribution is 2.25. The highest BCUT2D eigenvalue weighted by molar-refractivity contribution is 6.30. The number of imidazole rings is 1. The van der Waals surface area contributed by atoms with Crippen molar-refractivity contribution < 1.29 is 4.79 Å². The Morgan fingerprint density at radius 2 is 1.87 bits per heavy atom. The summed E-state index contributed by atoms with van der Waals surface area (Å²) in [6.07, 6.45) is 3.99. The Kier molecular flexibility index (Phi) is 5.57. The number of pyridine rings is 1. The Morgan fingerprint density at radius 1 is 1.10 bits per heavy atom. The molecule has 0 aliphatic rings. The van der Waals surface area contributed by atoms with Crippen molar-refractivity contribution in [2.24, 2.45) is 0 Å². The molecule has 0 saturated carbocycles. The summed E-state index contributed by atoms with van der Waals surface area (Å²) in [4.78, 5) is 19.7. The lowest BCUT2D eigenvalue weighted by atomic mass is 10.0. The Balaban J connectivity index is 1.59. The van der Waals surface area contributed by atoms with Crippen LogP contribution in [0.2, 0.25) is 5.02 Å². The number of fused-ring (bicyclic) bond motifs is 1. The minimum absolute atomic E-state index is 0.106. The number of carbonyl (C=O) groups is 1. The molecule has 0 bridgehead atoms. The van der Waals surface area contributed by atoms with Crippen LogP contribution in [-0.2, 0) is 4.79 Å². The van der Waals surface area contributed by atoms with Gasteiger partial charge in [-0.1, -0.05) is 35.9 Å². The quantitative estimate of drug-likeness (QED) is 0.484. The Bertz CT molecular complexity index is 1200. The van der Waals surface area contributed by atoms with Crippen LogP contribution in [0, 0.1) is 6.92 Å². The molecule has 1 amide bonds. The van der Waals surface area contributed by atoms with Crippen LogP contribution < -0.4 is 5.32 Å². The summed E-state index contributed by atoms with van der Waals surface area (Å²) in [5, 5.41) is 3.69. The average Bonchev–Trinajstić information content (AvgIpc) is 3.13. The molecular weight excluding hydrogens is 396 g/mol. The van der Waals surface area contributed by atoms with Gasteiger partial charge < -0.3 is 9.72 Å². The lowest BCUT2D eigenvalue weighted by Gasteiger charge is -2.24. The van der Waals surface area contributed by atoms with Gasteiger partial charge in [0.2, 0.25) is 5.91 Å². The minimum Gasteiger partial charge on any atom is -0.324 e. The largest absolute Gasteiger partial charge is 0.324 e. The van der Waals surface area contributed by atoms with Gasteiger partial charge >= 0.3 is 0 Å². The SMILES string of the molecule is Cc1ccn2cc(-c3cccc(NC(=O)C(c4ccc(Cl)cc4)N(C)C)c3)nc2c1. The van der Waals surface area contributed by atoms with E-state index in [1.807, 2.05) is 91.2 Å². The van der Waals surface area contributed by atoms with Crippen molar-refractivity contribution in [1.82, 2.24) is 14.3 Å². The number of rotatable bonds is 5. The number of aryl methyl sites for hydroxylation is 1. The lowest BCUT2D eigenvalue weighted by Crippen LogP contribution is -2.32. The molecule has 4 rings (SSSR count). The second-order valence-corrected chi connectivity index (χ2v) is 8.02. The molecule has 0 saturated heterocycles. The van der Waals surface area contributed by atoms with E-state index in [9.17, 15) is 4.79 Å². The van der Waals surface area contributed by atoms with Gasteiger partial charge in [0.25, 0.3) is 0 Å². The number of benzene rings is 2. The van der Waals surface area contributed by atoms with Gasteiger partial charge in [-0.3, -0.25) is 9.69 Å². The lowest BCUT2D eigenvalue weighted by molar-refractivity contribution is -0.120. The van der Waals surface area contributed by atoms with Gasteiger partial charge in [-0.25, -0.2) is 4.98 Å².